The summed E-state index contributed by atoms with van der Waals surface area (Å²) in [6, 6.07) is 60.6. The third-order valence-corrected chi connectivity index (χ3v) is 14.0. The molecule has 0 saturated heterocycles. The Bertz CT molecular complexity index is 3090. The minimum absolute atomic E-state index is 0.0345. The normalized spacial score (nSPS) is 14.7. The Labute approximate surface area is 362 Å². The molecule has 1 aliphatic carbocycles. The maximum absolute atomic E-state index is 2.67. The van der Waals surface area contributed by atoms with Crippen molar-refractivity contribution in [1.29, 1.82) is 0 Å². The highest BCUT2D eigenvalue weighted by atomic mass is 15.2. The van der Waals surface area contributed by atoms with Crippen LogP contribution in [0.5, 0.6) is 0 Å². The Kier molecular flexibility index (Phi) is 8.08. The zero-order chi connectivity index (χ0) is 42.2. The highest BCUT2D eigenvalue weighted by Gasteiger charge is 2.48. The van der Waals surface area contributed by atoms with E-state index in [0.29, 0.717) is 0 Å². The summed E-state index contributed by atoms with van der Waals surface area (Å²) in [5.74, 6) is 0. The summed E-state index contributed by atoms with van der Waals surface area (Å²) < 4.78 is 0. The fraction of sp³-hybridized carbons (Fsp3) is 0.207. The molecule has 11 rings (SSSR count). The highest BCUT2D eigenvalue weighted by molar-refractivity contribution is 6.93. The number of anilines is 5. The molecule has 0 fully saturated rings. The lowest BCUT2D eigenvalue weighted by Crippen LogP contribution is -2.61. The third-order valence-electron chi connectivity index (χ3n) is 14.0. The summed E-state index contributed by atoms with van der Waals surface area (Å²) >= 11 is 0. The number of rotatable bonds is 3. The minimum Gasteiger partial charge on any atom is -0.376 e. The van der Waals surface area contributed by atoms with Crippen LogP contribution in [0.4, 0.5) is 28.4 Å². The molecule has 0 saturated carbocycles. The van der Waals surface area contributed by atoms with E-state index in [9.17, 15) is 0 Å². The van der Waals surface area contributed by atoms with Crippen LogP contribution in [-0.2, 0) is 16.2 Å². The first-order valence-electron chi connectivity index (χ1n) is 22.0. The summed E-state index contributed by atoms with van der Waals surface area (Å²) in [4.78, 5) is 5.30. The number of benzene rings is 8. The molecule has 8 aromatic rings. The highest BCUT2D eigenvalue weighted by Crippen LogP contribution is 2.54. The predicted molar refractivity (Wildman–Crippen MR) is 263 cm³/mol. The maximum Gasteiger partial charge on any atom is 0.333 e. The number of aryl methyl sites for hydroxylation is 1. The van der Waals surface area contributed by atoms with Gasteiger partial charge in [-0.2, -0.15) is 0 Å². The van der Waals surface area contributed by atoms with Crippen molar-refractivity contribution in [1.82, 2.24) is 0 Å². The molecular weight excluding hydrogens is 735 g/mol. The van der Waals surface area contributed by atoms with E-state index in [2.05, 4.69) is 230 Å². The molecule has 0 N–H and O–H groups in total. The van der Waals surface area contributed by atoms with Crippen molar-refractivity contribution in [3.8, 4) is 33.4 Å². The monoisotopic (exact) mass is 788 g/mol. The van der Waals surface area contributed by atoms with E-state index in [1.807, 2.05) is 0 Å². The summed E-state index contributed by atoms with van der Waals surface area (Å²) in [7, 11) is 0. The molecule has 2 nitrogen and oxygen atoms in total. The van der Waals surface area contributed by atoms with Crippen molar-refractivity contribution in [2.45, 2.75) is 78.6 Å². The van der Waals surface area contributed by atoms with Crippen LogP contribution in [0.25, 0.3) is 44.2 Å². The van der Waals surface area contributed by atoms with Crippen molar-refractivity contribution < 1.29 is 0 Å². The Balaban J connectivity index is 1.29. The molecule has 0 amide bonds. The number of fused-ring (bicyclic) bond motifs is 8. The lowest BCUT2D eigenvalue weighted by Gasteiger charge is -2.47. The zero-order valence-corrected chi connectivity index (χ0v) is 37.0. The van der Waals surface area contributed by atoms with Gasteiger partial charge in [0.25, 0.3) is 0 Å². The molecule has 3 aliphatic rings. The summed E-state index contributed by atoms with van der Waals surface area (Å²) in [6.07, 6.45) is 0. The van der Waals surface area contributed by atoms with E-state index in [4.69, 9.17) is 0 Å². The van der Waals surface area contributed by atoms with Crippen LogP contribution in [0, 0.1) is 6.92 Å². The molecule has 8 aromatic carbocycles. The van der Waals surface area contributed by atoms with Crippen LogP contribution >= 0.6 is 0 Å². The summed E-state index contributed by atoms with van der Waals surface area (Å²) in [5.41, 5.74) is 23.2. The Morgan fingerprint density at radius 3 is 1.82 bits per heavy atom. The van der Waals surface area contributed by atoms with E-state index < -0.39 is 0 Å². The molecule has 2 aliphatic heterocycles. The van der Waals surface area contributed by atoms with Crippen LogP contribution in [0.15, 0.2) is 158 Å². The standard InChI is InChI=1S/C58H53BN2/c1-36-29-42(57(5,6)7)25-28-51(36)60-53-35-49-45(44-21-15-16-22-48(44)58(49,8)9)34-50(53)59-55-47(31-40(33-54(55)60)37-17-11-10-12-18-37)46-30-38-19-13-14-20-39(38)32-52(46)61(59)43-26-23-41(24-27-43)56(2,3)4/h10-35H,1-9H3. The fourth-order valence-corrected chi connectivity index (χ4v) is 10.7. The maximum atomic E-state index is 2.67. The van der Waals surface area contributed by atoms with Gasteiger partial charge in [-0.05, 0) is 144 Å². The van der Waals surface area contributed by atoms with Crippen molar-refractivity contribution in [3.63, 3.8) is 0 Å². The second kappa shape index (κ2) is 13.1. The zero-order valence-electron chi connectivity index (χ0n) is 37.0. The van der Waals surface area contributed by atoms with Gasteiger partial charge >= 0.3 is 6.85 Å². The van der Waals surface area contributed by atoms with E-state index in [0.717, 1.165) is 0 Å². The van der Waals surface area contributed by atoms with Crippen LogP contribution in [-0.4, -0.2) is 6.85 Å². The van der Waals surface area contributed by atoms with Gasteiger partial charge in [0.05, 0.1) is 0 Å². The quantitative estimate of drug-likeness (QED) is 0.165. The van der Waals surface area contributed by atoms with Gasteiger partial charge in [0, 0.05) is 39.4 Å². The van der Waals surface area contributed by atoms with Gasteiger partial charge < -0.3 is 9.71 Å². The Morgan fingerprint density at radius 2 is 1.11 bits per heavy atom. The molecule has 0 aromatic heterocycles. The van der Waals surface area contributed by atoms with E-state index in [-0.39, 0.29) is 23.1 Å². The molecule has 61 heavy (non-hydrogen) atoms. The first-order chi connectivity index (χ1) is 29.2. The van der Waals surface area contributed by atoms with Crippen LogP contribution in [0.2, 0.25) is 0 Å². The van der Waals surface area contributed by atoms with Crippen LogP contribution in [0.3, 0.4) is 0 Å². The molecule has 298 valence electrons. The van der Waals surface area contributed by atoms with Gasteiger partial charge in [0.2, 0.25) is 0 Å². The van der Waals surface area contributed by atoms with Gasteiger partial charge in [-0.1, -0.05) is 165 Å². The lowest BCUT2D eigenvalue weighted by molar-refractivity contribution is 0.589. The molecule has 2 heterocycles. The molecule has 0 atom stereocenters. The second-order valence-corrected chi connectivity index (χ2v) is 20.3. The average Bonchev–Trinajstić information content (AvgIpc) is 3.47. The van der Waals surface area contributed by atoms with E-state index in [1.54, 1.807) is 0 Å². The summed E-state index contributed by atoms with van der Waals surface area (Å²) in [6.45, 7) is 20.9. The Morgan fingerprint density at radius 1 is 0.459 bits per heavy atom. The fourth-order valence-electron chi connectivity index (χ4n) is 10.7. The number of nitrogens with zero attached hydrogens (tertiary/aromatic N) is 2. The molecular formula is C58H53BN2. The smallest absolute Gasteiger partial charge is 0.333 e. The van der Waals surface area contributed by atoms with Crippen LogP contribution in [0.1, 0.15) is 83.2 Å². The van der Waals surface area contributed by atoms with Gasteiger partial charge in [-0.15, -0.1) is 0 Å². The van der Waals surface area contributed by atoms with Crippen molar-refractivity contribution in [2.24, 2.45) is 0 Å². The largest absolute Gasteiger partial charge is 0.376 e. The van der Waals surface area contributed by atoms with Crippen molar-refractivity contribution in [2.75, 3.05) is 9.71 Å². The molecule has 0 unspecified atom stereocenters. The Hall–Kier alpha value is -6.32. The van der Waals surface area contributed by atoms with E-state index >= 15 is 0 Å². The average molecular weight is 789 g/mol. The van der Waals surface area contributed by atoms with Gasteiger partial charge in [0.1, 0.15) is 0 Å². The molecule has 0 radical (unpaired) electrons. The lowest BCUT2D eigenvalue weighted by atomic mass is 9.43. The van der Waals surface area contributed by atoms with Gasteiger partial charge in [-0.25, -0.2) is 0 Å². The topological polar surface area (TPSA) is 6.48 Å². The van der Waals surface area contributed by atoms with E-state index in [1.165, 1.54) is 111 Å². The SMILES string of the molecule is Cc1cc(C(C)(C)C)ccc1N1c2cc3c(cc2B2c4c(cc(-c5ccccc5)cc41)-c1cc4ccccc4cc1N2c1ccc(C(C)(C)C)cc1)-c1ccccc1C3(C)C. The number of hydrogen-bond acceptors (Lipinski definition) is 2. The van der Waals surface area contributed by atoms with Gasteiger partial charge in [-0.3, -0.25) is 0 Å². The minimum atomic E-state index is -0.157. The molecule has 3 heteroatoms. The van der Waals surface area contributed by atoms with Gasteiger partial charge in [0.15, 0.2) is 0 Å². The predicted octanol–water partition coefficient (Wildman–Crippen LogP) is 14.4. The second-order valence-electron chi connectivity index (χ2n) is 20.3. The third kappa shape index (κ3) is 5.70. The van der Waals surface area contributed by atoms with Crippen LogP contribution < -0.4 is 20.6 Å². The van der Waals surface area contributed by atoms with Crippen molar-refractivity contribution in [3.05, 3.63) is 186 Å². The first kappa shape index (κ1) is 37.7. The summed E-state index contributed by atoms with van der Waals surface area (Å²) in [5, 5.41) is 2.50. The first-order valence-corrected chi connectivity index (χ1v) is 22.0. The van der Waals surface area contributed by atoms with Crippen molar-refractivity contribution >= 4 is 57.0 Å². The number of hydrogen-bond donors (Lipinski definition) is 0. The molecule has 0 spiro atoms. The molecule has 0 bridgehead atoms.